The number of pyridine rings is 1. The first kappa shape index (κ1) is 11.5. The number of H-pyrrole nitrogens is 1. The Bertz CT molecular complexity index is 768. The summed E-state index contributed by atoms with van der Waals surface area (Å²) in [7, 11) is 0. The zero-order valence-electron chi connectivity index (χ0n) is 11.0. The van der Waals surface area contributed by atoms with E-state index in [1.165, 1.54) is 16.5 Å². The van der Waals surface area contributed by atoms with E-state index in [-0.39, 0.29) is 0 Å². The van der Waals surface area contributed by atoms with E-state index in [1.54, 1.807) is 12.5 Å². The quantitative estimate of drug-likeness (QED) is 0.748. The first-order valence-corrected chi connectivity index (χ1v) is 6.82. The van der Waals surface area contributed by atoms with Crippen molar-refractivity contribution in [3.63, 3.8) is 0 Å². The number of hydrogen-bond donors (Lipinski definition) is 2. The van der Waals surface area contributed by atoms with Crippen molar-refractivity contribution in [1.29, 1.82) is 0 Å². The molecule has 0 aliphatic carbocycles. The molecule has 0 spiro atoms. The van der Waals surface area contributed by atoms with Crippen LogP contribution in [0.15, 0.2) is 47.4 Å². The largest absolute Gasteiger partial charge is 0.472 e. The lowest BCUT2D eigenvalue weighted by Gasteiger charge is -2.13. The normalized spacial score (nSPS) is 15.5. The SMILES string of the molecule is C1=C(c2c[nH]c3nc(-c4ccoc4)ccc23)CCNC1. The molecule has 0 fully saturated rings. The molecular weight excluding hydrogens is 250 g/mol. The molecule has 4 nitrogen and oxygen atoms in total. The molecular formula is C16H15N3O. The fraction of sp³-hybridized carbons (Fsp3) is 0.188. The highest BCUT2D eigenvalue weighted by Crippen LogP contribution is 2.29. The van der Waals surface area contributed by atoms with Crippen molar-refractivity contribution in [3.05, 3.63) is 48.6 Å². The van der Waals surface area contributed by atoms with Crippen LogP contribution in [0.1, 0.15) is 12.0 Å². The molecule has 3 aromatic heterocycles. The van der Waals surface area contributed by atoms with Gasteiger partial charge in [-0.25, -0.2) is 4.98 Å². The average Bonchev–Trinajstić information content (AvgIpc) is 3.17. The second-order valence-electron chi connectivity index (χ2n) is 4.99. The van der Waals surface area contributed by atoms with Crippen LogP contribution in [0.5, 0.6) is 0 Å². The molecule has 0 radical (unpaired) electrons. The molecule has 0 saturated carbocycles. The van der Waals surface area contributed by atoms with Crippen molar-refractivity contribution in [1.82, 2.24) is 15.3 Å². The van der Waals surface area contributed by atoms with Gasteiger partial charge in [0.05, 0.1) is 18.2 Å². The minimum absolute atomic E-state index is 0.929. The van der Waals surface area contributed by atoms with Gasteiger partial charge in [-0.1, -0.05) is 6.08 Å². The second kappa shape index (κ2) is 4.65. The standard InChI is InChI=1S/C16H15N3O/c1-2-15(12-5-8-20-10-12)19-16-13(1)14(9-18-16)11-3-6-17-7-4-11/h1-3,5,8-10,17H,4,6-7H2,(H,18,19). The van der Waals surface area contributed by atoms with E-state index in [0.29, 0.717) is 0 Å². The van der Waals surface area contributed by atoms with Crippen LogP contribution in [-0.2, 0) is 0 Å². The number of nitrogens with zero attached hydrogens (tertiary/aromatic N) is 1. The van der Waals surface area contributed by atoms with Crippen molar-refractivity contribution in [2.75, 3.05) is 13.1 Å². The van der Waals surface area contributed by atoms with Crippen LogP contribution in [0, 0.1) is 0 Å². The highest BCUT2D eigenvalue weighted by Gasteiger charge is 2.12. The Morgan fingerprint density at radius 3 is 3.00 bits per heavy atom. The van der Waals surface area contributed by atoms with Crippen LogP contribution in [0.2, 0.25) is 0 Å². The highest BCUT2D eigenvalue weighted by molar-refractivity contribution is 5.92. The zero-order valence-corrected chi connectivity index (χ0v) is 11.0. The molecule has 4 heterocycles. The lowest BCUT2D eigenvalue weighted by atomic mass is 10.0. The number of furan rings is 1. The highest BCUT2D eigenvalue weighted by atomic mass is 16.3. The Kier molecular flexibility index (Phi) is 2.67. The van der Waals surface area contributed by atoms with E-state index in [2.05, 4.69) is 33.6 Å². The average molecular weight is 265 g/mol. The Morgan fingerprint density at radius 1 is 1.20 bits per heavy atom. The van der Waals surface area contributed by atoms with Crippen LogP contribution in [0.25, 0.3) is 27.9 Å². The van der Waals surface area contributed by atoms with Crippen molar-refractivity contribution in [2.45, 2.75) is 6.42 Å². The Labute approximate surface area is 116 Å². The van der Waals surface area contributed by atoms with Gasteiger partial charge in [-0.3, -0.25) is 0 Å². The summed E-state index contributed by atoms with van der Waals surface area (Å²) in [5.74, 6) is 0. The van der Waals surface area contributed by atoms with Crippen LogP contribution in [-0.4, -0.2) is 23.1 Å². The molecule has 100 valence electrons. The summed E-state index contributed by atoms with van der Waals surface area (Å²) >= 11 is 0. The Balaban J connectivity index is 1.80. The molecule has 2 N–H and O–H groups in total. The van der Waals surface area contributed by atoms with E-state index in [1.807, 2.05) is 12.1 Å². The van der Waals surface area contributed by atoms with Gasteiger partial charge in [0.2, 0.25) is 0 Å². The minimum atomic E-state index is 0.929. The van der Waals surface area contributed by atoms with Gasteiger partial charge in [-0.2, -0.15) is 0 Å². The van der Waals surface area contributed by atoms with Crippen molar-refractivity contribution >= 4 is 16.6 Å². The molecule has 0 unspecified atom stereocenters. The molecule has 0 atom stereocenters. The van der Waals surface area contributed by atoms with Gasteiger partial charge in [0.25, 0.3) is 0 Å². The van der Waals surface area contributed by atoms with Crippen molar-refractivity contribution in [3.8, 4) is 11.3 Å². The third kappa shape index (κ3) is 1.85. The van der Waals surface area contributed by atoms with Gasteiger partial charge in [0.1, 0.15) is 5.65 Å². The Morgan fingerprint density at radius 2 is 2.20 bits per heavy atom. The fourth-order valence-corrected chi connectivity index (χ4v) is 2.71. The number of aromatic nitrogens is 2. The van der Waals surface area contributed by atoms with E-state index in [4.69, 9.17) is 4.42 Å². The first-order valence-electron chi connectivity index (χ1n) is 6.82. The molecule has 1 aliphatic rings. The summed E-state index contributed by atoms with van der Waals surface area (Å²) in [6.45, 7) is 1.99. The summed E-state index contributed by atoms with van der Waals surface area (Å²) in [5.41, 5.74) is 5.53. The van der Waals surface area contributed by atoms with E-state index < -0.39 is 0 Å². The molecule has 0 amide bonds. The smallest absolute Gasteiger partial charge is 0.138 e. The Hall–Kier alpha value is -2.33. The van der Waals surface area contributed by atoms with E-state index >= 15 is 0 Å². The van der Waals surface area contributed by atoms with Gasteiger partial charge in [0.15, 0.2) is 0 Å². The maximum absolute atomic E-state index is 5.12. The minimum Gasteiger partial charge on any atom is -0.472 e. The number of aromatic amines is 1. The summed E-state index contributed by atoms with van der Waals surface area (Å²) in [6.07, 6.45) is 8.77. The molecule has 3 aromatic rings. The molecule has 0 aromatic carbocycles. The van der Waals surface area contributed by atoms with E-state index in [9.17, 15) is 0 Å². The van der Waals surface area contributed by atoms with Crippen molar-refractivity contribution in [2.24, 2.45) is 0 Å². The molecule has 4 heteroatoms. The van der Waals surface area contributed by atoms with Gasteiger partial charge >= 0.3 is 0 Å². The topological polar surface area (TPSA) is 53.9 Å². The summed E-state index contributed by atoms with van der Waals surface area (Å²) in [6, 6.07) is 6.11. The fourth-order valence-electron chi connectivity index (χ4n) is 2.71. The zero-order chi connectivity index (χ0) is 13.4. The number of hydrogen-bond acceptors (Lipinski definition) is 3. The predicted molar refractivity (Wildman–Crippen MR) is 79.3 cm³/mol. The molecule has 4 rings (SSSR count). The first-order chi connectivity index (χ1) is 9.92. The number of nitrogens with one attached hydrogen (secondary N) is 2. The van der Waals surface area contributed by atoms with Crippen LogP contribution in [0.4, 0.5) is 0 Å². The van der Waals surface area contributed by atoms with Crippen LogP contribution < -0.4 is 5.32 Å². The number of rotatable bonds is 2. The third-order valence-corrected chi connectivity index (χ3v) is 3.77. The third-order valence-electron chi connectivity index (χ3n) is 3.77. The molecule has 0 saturated heterocycles. The van der Waals surface area contributed by atoms with Gasteiger partial charge in [0, 0.05) is 29.3 Å². The molecule has 1 aliphatic heterocycles. The summed E-state index contributed by atoms with van der Waals surface area (Å²) < 4.78 is 5.12. The van der Waals surface area contributed by atoms with Gasteiger partial charge in [-0.05, 0) is 36.7 Å². The summed E-state index contributed by atoms with van der Waals surface area (Å²) in [4.78, 5) is 7.96. The maximum atomic E-state index is 5.12. The second-order valence-corrected chi connectivity index (χ2v) is 4.99. The number of fused-ring (bicyclic) bond motifs is 1. The van der Waals surface area contributed by atoms with Crippen molar-refractivity contribution < 1.29 is 4.42 Å². The molecule has 0 bridgehead atoms. The monoisotopic (exact) mass is 265 g/mol. The van der Waals surface area contributed by atoms with E-state index in [0.717, 1.165) is 36.4 Å². The molecule has 20 heavy (non-hydrogen) atoms. The summed E-state index contributed by atoms with van der Waals surface area (Å²) in [5, 5.41) is 4.53. The lowest BCUT2D eigenvalue weighted by molar-refractivity contribution is 0.568. The van der Waals surface area contributed by atoms with Crippen LogP contribution in [0.3, 0.4) is 0 Å². The predicted octanol–water partition coefficient (Wildman–Crippen LogP) is 3.20. The van der Waals surface area contributed by atoms with Crippen LogP contribution >= 0.6 is 0 Å². The lowest BCUT2D eigenvalue weighted by Crippen LogP contribution is -2.19. The maximum Gasteiger partial charge on any atom is 0.138 e. The van der Waals surface area contributed by atoms with Gasteiger partial charge in [-0.15, -0.1) is 0 Å². The van der Waals surface area contributed by atoms with Gasteiger partial charge < -0.3 is 14.7 Å².